The molecular formula is C15H17N5O6. The molecule has 0 spiro atoms. The minimum Gasteiger partial charge on any atom is -0.507 e. The number of hydrogen-bond acceptors (Lipinski definition) is 9. The van der Waals surface area contributed by atoms with Gasteiger partial charge < -0.3 is 25.2 Å². The van der Waals surface area contributed by atoms with Crippen LogP contribution in [0.1, 0.15) is 22.4 Å². The van der Waals surface area contributed by atoms with Crippen LogP contribution >= 0.6 is 0 Å². The molecule has 1 fully saturated rings. The lowest BCUT2D eigenvalue weighted by Gasteiger charge is -2.13. The third kappa shape index (κ3) is 3.55. The maximum atomic E-state index is 12.0. The summed E-state index contributed by atoms with van der Waals surface area (Å²) in [5, 5.41) is 45.9. The standard InChI is InChI=1S/C15H17N5O6/c21-6-10-11(23)12(24)15(26-10)20-7-16-13(19-20)14(25)18-17-5-8-3-1-2-4-9(8)22/h1-5,7,10-12,15,21-24H,6H2,(H,18,25)/b17-5+/t10-,11-,12-,15-/m1/s1. The van der Waals surface area contributed by atoms with Gasteiger partial charge >= 0.3 is 5.91 Å². The van der Waals surface area contributed by atoms with Crippen LogP contribution in [0.25, 0.3) is 0 Å². The summed E-state index contributed by atoms with van der Waals surface area (Å²) in [5.74, 6) is -0.948. The Morgan fingerprint density at radius 2 is 2.12 bits per heavy atom. The minimum absolute atomic E-state index is 0.0114. The summed E-state index contributed by atoms with van der Waals surface area (Å²) < 4.78 is 6.36. The molecule has 3 rings (SSSR count). The highest BCUT2D eigenvalue weighted by atomic mass is 16.6. The molecule has 1 amide bonds. The first-order chi connectivity index (χ1) is 12.5. The smallest absolute Gasteiger partial charge is 0.310 e. The van der Waals surface area contributed by atoms with Gasteiger partial charge in [0.05, 0.1) is 12.8 Å². The number of ether oxygens (including phenoxy) is 1. The van der Waals surface area contributed by atoms with Gasteiger partial charge in [-0.05, 0) is 12.1 Å². The van der Waals surface area contributed by atoms with Crippen LogP contribution in [0.5, 0.6) is 5.75 Å². The molecular weight excluding hydrogens is 346 g/mol. The van der Waals surface area contributed by atoms with Crippen molar-refractivity contribution in [1.29, 1.82) is 0 Å². The van der Waals surface area contributed by atoms with Crippen molar-refractivity contribution in [3.05, 3.63) is 42.0 Å². The zero-order valence-electron chi connectivity index (χ0n) is 13.4. The number of carbonyl (C=O) groups is 1. The number of rotatable bonds is 5. The number of phenolic OH excluding ortho intramolecular Hbond substituents is 1. The highest BCUT2D eigenvalue weighted by Crippen LogP contribution is 2.28. The highest BCUT2D eigenvalue weighted by Gasteiger charge is 2.44. The van der Waals surface area contributed by atoms with E-state index >= 15 is 0 Å². The van der Waals surface area contributed by atoms with Gasteiger partial charge in [0.15, 0.2) is 6.23 Å². The number of carbonyl (C=O) groups excluding carboxylic acids is 1. The summed E-state index contributed by atoms with van der Waals surface area (Å²) in [7, 11) is 0. The molecule has 1 aromatic heterocycles. The molecule has 4 atom stereocenters. The number of aliphatic hydroxyl groups is 3. The third-order valence-electron chi connectivity index (χ3n) is 3.80. The zero-order chi connectivity index (χ0) is 18.7. The molecule has 1 aliphatic heterocycles. The first-order valence-corrected chi connectivity index (χ1v) is 7.66. The van der Waals surface area contributed by atoms with Gasteiger partial charge in [-0.1, -0.05) is 12.1 Å². The van der Waals surface area contributed by atoms with Crippen molar-refractivity contribution in [2.75, 3.05) is 6.61 Å². The van der Waals surface area contributed by atoms with E-state index in [1.54, 1.807) is 18.2 Å². The van der Waals surface area contributed by atoms with Crippen molar-refractivity contribution in [2.24, 2.45) is 5.10 Å². The Hall–Kier alpha value is -2.86. The normalized spacial score (nSPS) is 25.7. The van der Waals surface area contributed by atoms with E-state index in [0.29, 0.717) is 5.56 Å². The number of aromatic hydroxyl groups is 1. The first kappa shape index (κ1) is 17.9. The second-order valence-electron chi connectivity index (χ2n) is 5.53. The van der Waals surface area contributed by atoms with Crippen LogP contribution in [0.2, 0.25) is 0 Å². The van der Waals surface area contributed by atoms with Gasteiger partial charge in [-0.3, -0.25) is 4.79 Å². The molecule has 1 aromatic carbocycles. The van der Waals surface area contributed by atoms with Gasteiger partial charge in [-0.2, -0.15) is 5.10 Å². The van der Waals surface area contributed by atoms with Crippen molar-refractivity contribution in [3.8, 4) is 5.75 Å². The summed E-state index contributed by atoms with van der Waals surface area (Å²) in [4.78, 5) is 15.8. The maximum absolute atomic E-state index is 12.0. The summed E-state index contributed by atoms with van der Waals surface area (Å²) in [6, 6.07) is 6.44. The van der Waals surface area contributed by atoms with Crippen LogP contribution in [0.15, 0.2) is 35.7 Å². The van der Waals surface area contributed by atoms with Gasteiger partial charge in [0.1, 0.15) is 30.4 Å². The average molecular weight is 363 g/mol. The van der Waals surface area contributed by atoms with E-state index in [4.69, 9.17) is 9.84 Å². The van der Waals surface area contributed by atoms with Crippen LogP contribution in [0.3, 0.4) is 0 Å². The molecule has 11 heteroatoms. The van der Waals surface area contributed by atoms with E-state index in [1.807, 2.05) is 0 Å². The lowest BCUT2D eigenvalue weighted by Crippen LogP contribution is -2.33. The molecule has 0 unspecified atom stereocenters. The molecule has 2 aromatic rings. The number of aromatic nitrogens is 3. The van der Waals surface area contributed by atoms with Crippen LogP contribution < -0.4 is 5.43 Å². The summed E-state index contributed by atoms with van der Waals surface area (Å²) in [6.45, 7) is -0.474. The zero-order valence-corrected chi connectivity index (χ0v) is 13.4. The van der Waals surface area contributed by atoms with Crippen LogP contribution in [0.4, 0.5) is 0 Å². The molecule has 5 N–H and O–H groups in total. The molecule has 0 aliphatic carbocycles. The van der Waals surface area contributed by atoms with Crippen molar-refractivity contribution in [1.82, 2.24) is 20.2 Å². The number of benzene rings is 1. The SMILES string of the molecule is O=C(N/N=C/c1ccccc1O)c1ncn([C@@H]2O[C@H](CO)[C@@H](O)[C@H]2O)n1. The van der Waals surface area contributed by atoms with Crippen LogP contribution in [0, 0.1) is 0 Å². The number of nitrogens with zero attached hydrogens (tertiary/aromatic N) is 4. The van der Waals surface area contributed by atoms with Gasteiger partial charge in [0.25, 0.3) is 0 Å². The van der Waals surface area contributed by atoms with Crippen molar-refractivity contribution >= 4 is 12.1 Å². The highest BCUT2D eigenvalue weighted by molar-refractivity contribution is 5.91. The second-order valence-corrected chi connectivity index (χ2v) is 5.53. The molecule has 1 aliphatic rings. The number of para-hydroxylation sites is 1. The monoisotopic (exact) mass is 363 g/mol. The van der Waals surface area contributed by atoms with E-state index in [9.17, 15) is 20.1 Å². The summed E-state index contributed by atoms with van der Waals surface area (Å²) >= 11 is 0. The van der Waals surface area contributed by atoms with E-state index in [2.05, 4.69) is 20.6 Å². The predicted octanol–water partition coefficient (Wildman–Crippen LogP) is -1.64. The predicted molar refractivity (Wildman–Crippen MR) is 86.2 cm³/mol. The molecule has 0 bridgehead atoms. The Morgan fingerprint density at radius 1 is 1.35 bits per heavy atom. The fraction of sp³-hybridized carbons (Fsp3) is 0.333. The number of hydrazone groups is 1. The Labute approximate surface area is 147 Å². The maximum Gasteiger partial charge on any atom is 0.310 e. The number of hydrogen-bond donors (Lipinski definition) is 5. The Morgan fingerprint density at radius 3 is 2.81 bits per heavy atom. The fourth-order valence-electron chi connectivity index (χ4n) is 2.41. The lowest BCUT2D eigenvalue weighted by molar-refractivity contribution is -0.0588. The largest absolute Gasteiger partial charge is 0.507 e. The number of phenols is 1. The number of nitrogens with one attached hydrogen (secondary N) is 1. The number of amides is 1. The Bertz CT molecular complexity index is 809. The van der Waals surface area contributed by atoms with E-state index in [0.717, 1.165) is 11.0 Å². The first-order valence-electron chi connectivity index (χ1n) is 7.66. The van der Waals surface area contributed by atoms with Crippen LogP contribution in [-0.4, -0.2) is 72.2 Å². The van der Waals surface area contributed by atoms with Gasteiger partial charge in [0, 0.05) is 5.56 Å². The fourth-order valence-corrected chi connectivity index (χ4v) is 2.41. The molecule has 0 radical (unpaired) electrons. The molecule has 0 saturated carbocycles. The van der Waals surface area contributed by atoms with Crippen LogP contribution in [-0.2, 0) is 4.74 Å². The van der Waals surface area contributed by atoms with Crippen molar-refractivity contribution in [2.45, 2.75) is 24.5 Å². The Balaban J connectivity index is 1.64. The van der Waals surface area contributed by atoms with Gasteiger partial charge in [0.2, 0.25) is 5.82 Å². The van der Waals surface area contributed by atoms with E-state index in [-0.39, 0.29) is 11.6 Å². The number of aliphatic hydroxyl groups excluding tert-OH is 3. The van der Waals surface area contributed by atoms with Gasteiger partial charge in [-0.15, -0.1) is 5.10 Å². The van der Waals surface area contributed by atoms with E-state index < -0.39 is 37.1 Å². The van der Waals surface area contributed by atoms with Crippen molar-refractivity contribution in [3.63, 3.8) is 0 Å². The minimum atomic E-state index is -1.33. The quantitative estimate of drug-likeness (QED) is 0.312. The average Bonchev–Trinajstić information content (AvgIpc) is 3.23. The molecule has 2 heterocycles. The third-order valence-corrected chi connectivity index (χ3v) is 3.80. The molecule has 138 valence electrons. The van der Waals surface area contributed by atoms with E-state index in [1.165, 1.54) is 12.3 Å². The summed E-state index contributed by atoms with van der Waals surface area (Å²) in [6.07, 6.45) is -2.24. The lowest BCUT2D eigenvalue weighted by atomic mass is 10.1. The molecule has 1 saturated heterocycles. The summed E-state index contributed by atoms with van der Waals surface area (Å²) in [5.41, 5.74) is 2.62. The van der Waals surface area contributed by atoms with Gasteiger partial charge in [-0.25, -0.2) is 15.1 Å². The molecule has 26 heavy (non-hydrogen) atoms. The Kier molecular flexibility index (Phi) is 5.23. The topological polar surface area (TPSA) is 162 Å². The molecule has 11 nitrogen and oxygen atoms in total. The van der Waals surface area contributed by atoms with Crippen molar-refractivity contribution < 1.29 is 30.0 Å². The second kappa shape index (κ2) is 7.58.